The Morgan fingerprint density at radius 2 is 2.00 bits per heavy atom. The molecule has 26 heavy (non-hydrogen) atoms. The maximum absolute atomic E-state index is 12.2. The van der Waals surface area contributed by atoms with Crippen molar-refractivity contribution in [2.24, 2.45) is 0 Å². The second-order valence-corrected chi connectivity index (χ2v) is 6.03. The van der Waals surface area contributed by atoms with Crippen LogP contribution in [0.1, 0.15) is 5.56 Å². The predicted molar refractivity (Wildman–Crippen MR) is 103 cm³/mol. The molecule has 2 N–H and O–H groups in total. The third-order valence-electron chi connectivity index (χ3n) is 3.54. The summed E-state index contributed by atoms with van der Waals surface area (Å²) < 4.78 is 5.29. The van der Waals surface area contributed by atoms with Gasteiger partial charge >= 0.3 is 0 Å². The maximum Gasteiger partial charge on any atom is 0.267 e. The van der Waals surface area contributed by atoms with Crippen LogP contribution >= 0.6 is 23.2 Å². The number of methoxy groups -OCH3 is 1. The summed E-state index contributed by atoms with van der Waals surface area (Å²) in [5.74, 6) is 0.230. The molecule has 0 aliphatic heterocycles. The van der Waals surface area contributed by atoms with E-state index in [0.717, 1.165) is 11.3 Å². The highest BCUT2D eigenvalue weighted by molar-refractivity contribution is 6.44. The number of carbonyl (C=O) groups excluding carboxylic acids is 1. The molecule has 2 aromatic rings. The summed E-state index contributed by atoms with van der Waals surface area (Å²) >= 11 is 11.9. The Bertz CT molecular complexity index is 860. The van der Waals surface area contributed by atoms with Gasteiger partial charge < -0.3 is 15.4 Å². The zero-order valence-electron chi connectivity index (χ0n) is 14.1. The number of hydrogen-bond acceptors (Lipinski definition) is 4. The molecule has 0 unspecified atom stereocenters. The molecule has 2 aromatic carbocycles. The molecule has 5 nitrogen and oxygen atoms in total. The molecule has 0 atom stereocenters. The van der Waals surface area contributed by atoms with Gasteiger partial charge in [0.25, 0.3) is 5.91 Å². The fourth-order valence-corrected chi connectivity index (χ4v) is 2.58. The van der Waals surface area contributed by atoms with Crippen LogP contribution in [-0.2, 0) is 11.2 Å². The SMILES string of the molecule is COc1ccccc1CCN/C=C(/C#N)C(=O)Nc1cccc(Cl)c1Cl. The van der Waals surface area contributed by atoms with Gasteiger partial charge in [-0.2, -0.15) is 5.26 Å². The number of benzene rings is 2. The molecule has 0 heterocycles. The van der Waals surface area contributed by atoms with Crippen LogP contribution in [0, 0.1) is 11.3 Å². The number of ether oxygens (including phenoxy) is 1. The van der Waals surface area contributed by atoms with Gasteiger partial charge in [-0.3, -0.25) is 4.79 Å². The van der Waals surface area contributed by atoms with E-state index in [1.54, 1.807) is 25.3 Å². The second kappa shape index (κ2) is 9.71. The molecule has 1 amide bonds. The van der Waals surface area contributed by atoms with Crippen molar-refractivity contribution in [1.29, 1.82) is 5.26 Å². The zero-order valence-corrected chi connectivity index (χ0v) is 15.6. The van der Waals surface area contributed by atoms with E-state index in [0.29, 0.717) is 23.7 Å². The first-order valence-electron chi connectivity index (χ1n) is 7.77. The van der Waals surface area contributed by atoms with Gasteiger partial charge in [0.05, 0.1) is 22.8 Å². The molecule has 0 aromatic heterocycles. The number of halogens is 2. The van der Waals surface area contributed by atoms with Gasteiger partial charge in [0, 0.05) is 12.7 Å². The number of nitrogens with one attached hydrogen (secondary N) is 2. The van der Waals surface area contributed by atoms with E-state index >= 15 is 0 Å². The fourth-order valence-electron chi connectivity index (χ4n) is 2.23. The van der Waals surface area contributed by atoms with E-state index in [-0.39, 0.29) is 10.6 Å². The average Bonchev–Trinajstić information content (AvgIpc) is 2.65. The number of nitriles is 1. The topological polar surface area (TPSA) is 74.1 Å². The van der Waals surface area contributed by atoms with Crippen LogP contribution in [0.3, 0.4) is 0 Å². The quantitative estimate of drug-likeness (QED) is 0.423. The molecular formula is C19H17Cl2N3O2. The van der Waals surface area contributed by atoms with E-state index < -0.39 is 5.91 Å². The largest absolute Gasteiger partial charge is 0.496 e. The van der Waals surface area contributed by atoms with E-state index in [1.165, 1.54) is 6.20 Å². The summed E-state index contributed by atoms with van der Waals surface area (Å²) in [4.78, 5) is 12.2. The van der Waals surface area contributed by atoms with Crippen LogP contribution in [0.4, 0.5) is 5.69 Å². The van der Waals surface area contributed by atoms with E-state index in [4.69, 9.17) is 27.9 Å². The lowest BCUT2D eigenvalue weighted by Gasteiger charge is -2.09. The van der Waals surface area contributed by atoms with Gasteiger partial charge in [-0.1, -0.05) is 47.5 Å². The normalized spacial score (nSPS) is 10.8. The monoisotopic (exact) mass is 389 g/mol. The number of anilines is 1. The van der Waals surface area contributed by atoms with Gasteiger partial charge in [0.1, 0.15) is 17.4 Å². The number of rotatable bonds is 7. The van der Waals surface area contributed by atoms with Crippen molar-refractivity contribution in [3.63, 3.8) is 0 Å². The Kier molecular flexibility index (Phi) is 7.34. The summed E-state index contributed by atoms with van der Waals surface area (Å²) in [6.45, 7) is 0.538. The lowest BCUT2D eigenvalue weighted by Crippen LogP contribution is -2.18. The van der Waals surface area contributed by atoms with Crippen molar-refractivity contribution in [3.8, 4) is 11.8 Å². The average molecular weight is 390 g/mol. The molecule has 7 heteroatoms. The Hall–Kier alpha value is -2.68. The van der Waals surface area contributed by atoms with Crippen molar-refractivity contribution < 1.29 is 9.53 Å². The number of carbonyl (C=O) groups is 1. The fraction of sp³-hybridized carbons (Fsp3) is 0.158. The van der Waals surface area contributed by atoms with E-state index in [2.05, 4.69) is 10.6 Å². The third kappa shape index (κ3) is 5.16. The first-order chi connectivity index (χ1) is 12.6. The molecule has 134 valence electrons. The minimum Gasteiger partial charge on any atom is -0.496 e. The van der Waals surface area contributed by atoms with Crippen LogP contribution in [0.2, 0.25) is 10.0 Å². The van der Waals surface area contributed by atoms with Gasteiger partial charge in [-0.25, -0.2) is 0 Å². The number of nitrogens with zero attached hydrogens (tertiary/aromatic N) is 1. The first-order valence-corrected chi connectivity index (χ1v) is 8.53. The lowest BCUT2D eigenvalue weighted by atomic mass is 10.1. The van der Waals surface area contributed by atoms with Gasteiger partial charge in [0.2, 0.25) is 0 Å². The highest BCUT2D eigenvalue weighted by Crippen LogP contribution is 2.29. The van der Waals surface area contributed by atoms with Crippen molar-refractivity contribution >= 4 is 34.8 Å². The van der Waals surface area contributed by atoms with Crippen molar-refractivity contribution in [1.82, 2.24) is 5.32 Å². The minimum atomic E-state index is -0.568. The lowest BCUT2D eigenvalue weighted by molar-refractivity contribution is -0.112. The Morgan fingerprint density at radius 1 is 1.23 bits per heavy atom. The standard InChI is InChI=1S/C19H17Cl2N3O2/c1-26-17-8-3-2-5-13(17)9-10-23-12-14(11-22)19(25)24-16-7-4-6-15(20)18(16)21/h2-8,12,23H,9-10H2,1H3,(H,24,25)/b14-12-. The molecule has 0 bridgehead atoms. The summed E-state index contributed by atoms with van der Waals surface area (Å²) in [7, 11) is 1.62. The summed E-state index contributed by atoms with van der Waals surface area (Å²) in [6, 6.07) is 14.4. The molecule has 0 fully saturated rings. The van der Waals surface area contributed by atoms with Gasteiger partial charge in [0.15, 0.2) is 0 Å². The van der Waals surface area contributed by atoms with Crippen LogP contribution in [0.15, 0.2) is 54.2 Å². The molecular weight excluding hydrogens is 373 g/mol. The van der Waals surface area contributed by atoms with Crippen molar-refractivity contribution in [3.05, 3.63) is 69.8 Å². The van der Waals surface area contributed by atoms with Gasteiger partial charge in [-0.05, 0) is 30.2 Å². The first kappa shape index (κ1) is 19.6. The molecule has 2 rings (SSSR count). The molecule has 0 spiro atoms. The molecule has 0 saturated heterocycles. The zero-order chi connectivity index (χ0) is 18.9. The van der Waals surface area contributed by atoms with Crippen LogP contribution in [0.25, 0.3) is 0 Å². The highest BCUT2D eigenvalue weighted by Gasteiger charge is 2.12. The van der Waals surface area contributed by atoms with Crippen molar-refractivity contribution in [2.75, 3.05) is 19.0 Å². The molecule has 0 saturated carbocycles. The predicted octanol–water partition coefficient (Wildman–Crippen LogP) is 4.18. The van der Waals surface area contributed by atoms with Crippen LogP contribution in [0.5, 0.6) is 5.75 Å². The maximum atomic E-state index is 12.2. The van der Waals surface area contributed by atoms with E-state index in [1.807, 2.05) is 30.3 Å². The van der Waals surface area contributed by atoms with Crippen LogP contribution in [-0.4, -0.2) is 19.6 Å². The molecule has 0 aliphatic carbocycles. The smallest absolute Gasteiger partial charge is 0.267 e. The Morgan fingerprint density at radius 3 is 2.73 bits per heavy atom. The second-order valence-electron chi connectivity index (χ2n) is 5.24. The Labute approximate surface area is 162 Å². The number of amides is 1. The number of hydrogen-bond donors (Lipinski definition) is 2. The van der Waals surface area contributed by atoms with Crippen molar-refractivity contribution in [2.45, 2.75) is 6.42 Å². The highest BCUT2D eigenvalue weighted by atomic mass is 35.5. The minimum absolute atomic E-state index is 0.0685. The van der Waals surface area contributed by atoms with Crippen LogP contribution < -0.4 is 15.4 Å². The summed E-state index contributed by atoms with van der Waals surface area (Å²) in [6.07, 6.45) is 2.06. The van der Waals surface area contributed by atoms with E-state index in [9.17, 15) is 10.1 Å². The summed E-state index contributed by atoms with van der Waals surface area (Å²) in [5, 5.41) is 15.3. The third-order valence-corrected chi connectivity index (χ3v) is 4.36. The number of para-hydroxylation sites is 1. The summed E-state index contributed by atoms with van der Waals surface area (Å²) in [5.41, 5.74) is 1.31. The Balaban J connectivity index is 1.96. The van der Waals surface area contributed by atoms with Gasteiger partial charge in [-0.15, -0.1) is 0 Å². The molecule has 0 aliphatic rings. The molecule has 0 radical (unpaired) electrons.